The zero-order chi connectivity index (χ0) is 46.2. The molecule has 8 heteroatoms. The van der Waals surface area contributed by atoms with Crippen LogP contribution in [0.3, 0.4) is 0 Å². The lowest BCUT2D eigenvalue weighted by atomic mass is 9.57. The molecule has 3 heterocycles. The number of methoxy groups -OCH3 is 1. The number of nitrogens with zero attached hydrogens (tertiary/aromatic N) is 1. The quantitative estimate of drug-likeness (QED) is 0.0416. The lowest BCUT2D eigenvalue weighted by Crippen LogP contribution is -2.56. The van der Waals surface area contributed by atoms with Gasteiger partial charge in [0.25, 0.3) is 0 Å². The predicted octanol–water partition coefficient (Wildman–Crippen LogP) is 10.8. The molecule has 354 valence electrons. The number of ether oxygens (including phenoxy) is 1. The van der Waals surface area contributed by atoms with Gasteiger partial charge in [0.15, 0.2) is 17.3 Å². The van der Waals surface area contributed by atoms with Gasteiger partial charge in [-0.3, -0.25) is 9.59 Å². The predicted molar refractivity (Wildman–Crippen MR) is 270 cm³/mol. The molecule has 0 bridgehead atoms. The molecule has 5 N–H and O–H groups in total. The number of pyridine rings is 1. The summed E-state index contributed by atoms with van der Waals surface area (Å²) in [5, 5.41) is 18.6. The number of piperidine rings is 1. The number of ketones is 2. The van der Waals surface area contributed by atoms with Gasteiger partial charge < -0.3 is 26.2 Å². The lowest BCUT2D eigenvalue weighted by Gasteiger charge is -2.52. The number of anilines is 1. The fraction of sp³-hybridized carbons (Fsp3) is 0.508. The van der Waals surface area contributed by atoms with Gasteiger partial charge >= 0.3 is 0 Å². The van der Waals surface area contributed by atoms with Crippen molar-refractivity contribution < 1.29 is 19.4 Å². The third kappa shape index (κ3) is 11.6. The minimum absolute atomic E-state index is 0.0245. The van der Waals surface area contributed by atoms with Gasteiger partial charge in [0.2, 0.25) is 0 Å². The first-order chi connectivity index (χ1) is 32.7. The maximum absolute atomic E-state index is 13.6. The Bertz CT molecular complexity index is 2400. The Morgan fingerprint density at radius 3 is 2.52 bits per heavy atom. The Morgan fingerprint density at radius 1 is 0.910 bits per heavy atom. The highest BCUT2D eigenvalue weighted by Gasteiger charge is 2.53. The maximum Gasteiger partial charge on any atom is 0.163 e. The van der Waals surface area contributed by atoms with Crippen LogP contribution in [0, 0.1) is 34.5 Å². The summed E-state index contributed by atoms with van der Waals surface area (Å²) in [6.07, 6.45) is 29.7. The normalized spacial score (nSPS) is 25.3. The second-order valence-electron chi connectivity index (χ2n) is 21.4. The highest BCUT2D eigenvalue weighted by Crippen LogP contribution is 2.62. The average molecular weight is 903 g/mol. The van der Waals surface area contributed by atoms with E-state index in [0.717, 1.165) is 92.2 Å². The number of nitrogen functional groups attached to an aromatic ring is 1. The molecule has 67 heavy (non-hydrogen) atoms. The highest BCUT2D eigenvalue weighted by molar-refractivity contribution is 6.06. The highest BCUT2D eigenvalue weighted by atomic mass is 16.5. The number of fused-ring (bicyclic) bond motifs is 2. The van der Waals surface area contributed by atoms with Gasteiger partial charge in [-0.15, -0.1) is 0 Å². The van der Waals surface area contributed by atoms with E-state index in [1.54, 1.807) is 18.2 Å². The molecule has 3 saturated carbocycles. The summed E-state index contributed by atoms with van der Waals surface area (Å²) >= 11 is 0. The Hall–Kier alpha value is -5.05. The van der Waals surface area contributed by atoms with E-state index in [1.807, 2.05) is 12.3 Å². The van der Waals surface area contributed by atoms with Gasteiger partial charge in [-0.2, -0.15) is 0 Å². The number of aromatic nitrogens is 1. The van der Waals surface area contributed by atoms with Crippen LogP contribution in [0.2, 0.25) is 0 Å². The number of carbonyl (C=O) groups is 2. The minimum atomic E-state index is -0.203. The third-order valence-corrected chi connectivity index (χ3v) is 17.0. The minimum Gasteiger partial charge on any atom is -0.504 e. The van der Waals surface area contributed by atoms with Crippen molar-refractivity contribution in [2.45, 2.75) is 128 Å². The molecule has 2 aliphatic heterocycles. The number of hydrogen-bond donors (Lipinski definition) is 4. The van der Waals surface area contributed by atoms with Gasteiger partial charge in [0.05, 0.1) is 13.5 Å². The summed E-state index contributed by atoms with van der Waals surface area (Å²) in [6, 6.07) is 25.4. The molecule has 4 fully saturated rings. The third-order valence-electron chi connectivity index (χ3n) is 17.0. The number of nitrogens with one attached hydrogen (secondary N) is 2. The number of phenols is 1. The number of allylic oxidation sites excluding steroid dienone is 1. The smallest absolute Gasteiger partial charge is 0.163 e. The molecule has 1 aromatic heterocycles. The van der Waals surface area contributed by atoms with Crippen LogP contribution in [0.1, 0.15) is 129 Å². The molecular formula is C59H74N4O4. The van der Waals surface area contributed by atoms with E-state index in [1.165, 1.54) is 94.1 Å². The largest absolute Gasteiger partial charge is 0.504 e. The average Bonchev–Trinajstić information content (AvgIpc) is 3.96. The fourth-order valence-electron chi connectivity index (χ4n) is 13.7. The molecule has 1 saturated heterocycles. The number of aryl methyl sites for hydroxylation is 4. The zero-order valence-electron chi connectivity index (χ0n) is 40.0. The second kappa shape index (κ2) is 21.5. The van der Waals surface area contributed by atoms with Crippen molar-refractivity contribution in [3.63, 3.8) is 0 Å². The molecular weight excluding hydrogens is 829 g/mol. The first-order valence-corrected chi connectivity index (χ1v) is 25.7. The maximum atomic E-state index is 13.6. The summed E-state index contributed by atoms with van der Waals surface area (Å²) in [5.74, 6) is 3.47. The molecule has 0 amide bonds. The number of hydrogen-bond acceptors (Lipinski definition) is 8. The number of phenolic OH excluding ortho intramolecular Hbond substituents is 1. The first kappa shape index (κ1) is 47.0. The lowest BCUT2D eigenvalue weighted by molar-refractivity contribution is -0.124. The number of nitrogens with two attached hydrogens (primary N) is 1. The van der Waals surface area contributed by atoms with Gasteiger partial charge in [0, 0.05) is 25.2 Å². The summed E-state index contributed by atoms with van der Waals surface area (Å²) in [6.45, 7) is 3.27. The van der Waals surface area contributed by atoms with Crippen molar-refractivity contribution >= 4 is 23.5 Å². The van der Waals surface area contributed by atoms with Crippen LogP contribution in [0.15, 0.2) is 97.2 Å². The van der Waals surface area contributed by atoms with E-state index in [2.05, 4.69) is 82.4 Å². The van der Waals surface area contributed by atoms with Crippen molar-refractivity contribution in [3.05, 3.63) is 136 Å². The van der Waals surface area contributed by atoms with Crippen molar-refractivity contribution in [3.8, 4) is 11.5 Å². The van der Waals surface area contributed by atoms with Gasteiger partial charge in [-0.1, -0.05) is 85.7 Å². The SMILES string of the molecule is COc1cc(C=CC(=O)CC(=O)CCCC2(CC3C4CCNCC4CC4C=CCNC43)CCC3(CCCC3)C2)c(Cc2cnc(N)cc2CCc2cccc(CCc3ccccc3)c2)cc1O. The van der Waals surface area contributed by atoms with Crippen molar-refractivity contribution in [1.82, 2.24) is 15.6 Å². The standard InChI is InChI=1S/C59H74N4O4/c1-67-55-34-44(47(33-54(55)66)32-48-39-63-56(60)35-45(48)19-18-43-13-7-12-42(30-43)17-16-41-10-3-2-4-11-41)20-21-51(65)36-50(64)15-8-25-59(27-26-58(40-59)23-5-6-24-58)37-53-52-22-29-61-38-49(52)31-46-14-9-28-62-57(46)53/h2-4,7,9-14,20-21,30,33-35,39,46,49,52-53,57,61-62,66H,5-6,8,15-19,22-29,31-32,36-38,40H2,1H3,(H2,60,63). The van der Waals surface area contributed by atoms with Crippen LogP contribution in [0.25, 0.3) is 6.08 Å². The number of rotatable bonds is 19. The van der Waals surface area contributed by atoms with E-state index in [4.69, 9.17) is 10.5 Å². The van der Waals surface area contributed by atoms with Crippen LogP contribution >= 0.6 is 0 Å². The van der Waals surface area contributed by atoms with E-state index in [0.29, 0.717) is 47.7 Å². The van der Waals surface area contributed by atoms with Crippen molar-refractivity contribution in [1.29, 1.82) is 0 Å². The van der Waals surface area contributed by atoms with E-state index >= 15 is 0 Å². The molecule has 6 unspecified atom stereocenters. The number of benzene rings is 3. The summed E-state index contributed by atoms with van der Waals surface area (Å²) in [5.41, 5.74) is 14.6. The fourth-order valence-corrected chi connectivity index (χ4v) is 13.7. The molecule has 6 atom stereocenters. The summed E-state index contributed by atoms with van der Waals surface area (Å²) in [7, 11) is 1.52. The Balaban J connectivity index is 0.836. The van der Waals surface area contributed by atoms with E-state index in [9.17, 15) is 14.7 Å². The molecule has 9 rings (SSSR count). The molecule has 3 aromatic carbocycles. The van der Waals surface area contributed by atoms with Crippen LogP contribution in [-0.2, 0) is 41.7 Å². The van der Waals surface area contributed by atoms with Crippen molar-refractivity contribution in [2.75, 3.05) is 32.5 Å². The Kier molecular flexibility index (Phi) is 15.1. The van der Waals surface area contributed by atoms with Crippen LogP contribution in [0.4, 0.5) is 5.82 Å². The summed E-state index contributed by atoms with van der Waals surface area (Å²) in [4.78, 5) is 31.6. The van der Waals surface area contributed by atoms with Crippen molar-refractivity contribution in [2.24, 2.45) is 34.5 Å². The zero-order valence-corrected chi connectivity index (χ0v) is 40.0. The molecule has 4 aromatic rings. The number of Topliss-reactive ketones (excluding diaryl/α,β-unsaturated/α-hetero) is 1. The Labute approximate surface area is 399 Å². The van der Waals surface area contributed by atoms with Gasteiger partial charge in [0.1, 0.15) is 11.6 Å². The van der Waals surface area contributed by atoms with Crippen LogP contribution in [-0.4, -0.2) is 54.4 Å². The molecule has 1 spiro atoms. The molecule has 5 aliphatic rings. The Morgan fingerprint density at radius 2 is 1.70 bits per heavy atom. The molecule has 3 aliphatic carbocycles. The molecule has 8 nitrogen and oxygen atoms in total. The summed E-state index contributed by atoms with van der Waals surface area (Å²) < 4.78 is 5.51. The van der Waals surface area contributed by atoms with Gasteiger partial charge in [-0.25, -0.2) is 4.98 Å². The number of aromatic hydroxyl groups is 1. The van der Waals surface area contributed by atoms with Crippen LogP contribution in [0.5, 0.6) is 11.5 Å². The van der Waals surface area contributed by atoms with E-state index < -0.39 is 0 Å². The first-order valence-electron chi connectivity index (χ1n) is 25.7. The molecule has 0 radical (unpaired) electrons. The monoisotopic (exact) mass is 903 g/mol. The topological polar surface area (TPSA) is 127 Å². The number of carbonyl (C=O) groups excluding carboxylic acids is 2. The van der Waals surface area contributed by atoms with Crippen LogP contribution < -0.4 is 21.1 Å². The second-order valence-corrected chi connectivity index (χ2v) is 21.4. The van der Waals surface area contributed by atoms with E-state index in [-0.39, 0.29) is 29.2 Å². The van der Waals surface area contributed by atoms with Gasteiger partial charge in [-0.05, 0) is 207 Å².